The van der Waals surface area contributed by atoms with Crippen LogP contribution in [0.4, 0.5) is 0 Å². The molecule has 1 aliphatic rings. The van der Waals surface area contributed by atoms with Crippen molar-refractivity contribution < 1.29 is 13.9 Å². The highest BCUT2D eigenvalue weighted by Crippen LogP contribution is 2.24. The van der Waals surface area contributed by atoms with Gasteiger partial charge in [-0.25, -0.2) is 0 Å². The number of rotatable bonds is 7. The molecule has 1 amide bonds. The van der Waals surface area contributed by atoms with Crippen LogP contribution in [0.5, 0.6) is 0 Å². The zero-order chi connectivity index (χ0) is 18.5. The Morgan fingerprint density at radius 3 is 2.65 bits per heavy atom. The van der Waals surface area contributed by atoms with Gasteiger partial charge in [-0.1, -0.05) is 12.1 Å². The van der Waals surface area contributed by atoms with Crippen LogP contribution in [-0.4, -0.2) is 55.6 Å². The van der Waals surface area contributed by atoms with Crippen LogP contribution in [0.3, 0.4) is 0 Å². The van der Waals surface area contributed by atoms with E-state index in [9.17, 15) is 4.79 Å². The average molecular weight is 356 g/mol. The summed E-state index contributed by atoms with van der Waals surface area (Å²) in [5.74, 6) is 0.0398. The highest BCUT2D eigenvalue weighted by atomic mass is 16.5. The van der Waals surface area contributed by atoms with Crippen molar-refractivity contribution in [3.8, 4) is 0 Å². The molecule has 2 atom stereocenters. The normalized spacial score (nSPS) is 19.8. The Morgan fingerprint density at radius 1 is 1.12 bits per heavy atom. The van der Waals surface area contributed by atoms with Crippen molar-refractivity contribution in [1.82, 2.24) is 9.80 Å². The number of hydrogen-bond donors (Lipinski definition) is 0. The summed E-state index contributed by atoms with van der Waals surface area (Å²) in [5, 5.41) is 0. The Kier molecular flexibility index (Phi) is 6.12. The number of nitrogens with zero attached hydrogens (tertiary/aromatic N) is 2. The van der Waals surface area contributed by atoms with E-state index in [1.165, 1.54) is 5.56 Å². The molecule has 2 aromatic rings. The van der Waals surface area contributed by atoms with Gasteiger partial charge in [-0.05, 0) is 50.1 Å². The lowest BCUT2D eigenvalue weighted by Gasteiger charge is -2.21. The van der Waals surface area contributed by atoms with E-state index in [4.69, 9.17) is 9.15 Å². The molecule has 1 saturated heterocycles. The van der Waals surface area contributed by atoms with E-state index in [-0.39, 0.29) is 18.1 Å². The SMILES string of the molecule is CN(Cc1ccoc1)C[C@H]1CC[C@@H](Cc2cccc(C(=O)N(C)C)c2)O1. The van der Waals surface area contributed by atoms with E-state index in [1.807, 2.05) is 24.3 Å². The fourth-order valence-electron chi connectivity index (χ4n) is 3.52. The van der Waals surface area contributed by atoms with Gasteiger partial charge in [-0.2, -0.15) is 0 Å². The summed E-state index contributed by atoms with van der Waals surface area (Å²) in [6, 6.07) is 9.89. The monoisotopic (exact) mass is 356 g/mol. The second kappa shape index (κ2) is 8.52. The fraction of sp³-hybridized carbons (Fsp3) is 0.476. The maximum atomic E-state index is 12.1. The van der Waals surface area contributed by atoms with Crippen molar-refractivity contribution in [3.05, 3.63) is 59.5 Å². The molecule has 26 heavy (non-hydrogen) atoms. The highest BCUT2D eigenvalue weighted by molar-refractivity contribution is 5.94. The maximum Gasteiger partial charge on any atom is 0.253 e. The smallest absolute Gasteiger partial charge is 0.253 e. The summed E-state index contributed by atoms with van der Waals surface area (Å²) in [6.45, 7) is 1.79. The first-order valence-electron chi connectivity index (χ1n) is 9.17. The zero-order valence-corrected chi connectivity index (χ0v) is 15.9. The first kappa shape index (κ1) is 18.7. The fourth-order valence-corrected chi connectivity index (χ4v) is 3.52. The van der Waals surface area contributed by atoms with Crippen molar-refractivity contribution in [2.75, 3.05) is 27.7 Å². The first-order chi connectivity index (χ1) is 12.5. The molecule has 2 heterocycles. The van der Waals surface area contributed by atoms with Gasteiger partial charge in [0, 0.05) is 38.3 Å². The number of furan rings is 1. The highest BCUT2D eigenvalue weighted by Gasteiger charge is 2.26. The molecule has 0 N–H and O–H groups in total. The van der Waals surface area contributed by atoms with Gasteiger partial charge in [0.1, 0.15) is 0 Å². The van der Waals surface area contributed by atoms with E-state index in [2.05, 4.69) is 18.0 Å². The molecule has 3 rings (SSSR count). The lowest BCUT2D eigenvalue weighted by Crippen LogP contribution is -2.29. The Hall–Kier alpha value is -2.11. The number of amides is 1. The molecule has 140 valence electrons. The lowest BCUT2D eigenvalue weighted by molar-refractivity contribution is 0.0266. The van der Waals surface area contributed by atoms with Gasteiger partial charge in [0.2, 0.25) is 0 Å². The summed E-state index contributed by atoms with van der Waals surface area (Å²) in [4.78, 5) is 16.0. The third-order valence-electron chi connectivity index (χ3n) is 4.79. The van der Waals surface area contributed by atoms with E-state index in [0.717, 1.165) is 43.5 Å². The maximum absolute atomic E-state index is 12.1. The molecule has 1 aliphatic heterocycles. The number of benzene rings is 1. The van der Waals surface area contributed by atoms with Crippen LogP contribution in [0.15, 0.2) is 47.3 Å². The second-order valence-corrected chi connectivity index (χ2v) is 7.39. The van der Waals surface area contributed by atoms with Crippen molar-refractivity contribution in [3.63, 3.8) is 0 Å². The van der Waals surface area contributed by atoms with Crippen LogP contribution in [0.25, 0.3) is 0 Å². The van der Waals surface area contributed by atoms with Crippen LogP contribution in [0.1, 0.15) is 34.3 Å². The Labute approximate surface area is 155 Å². The minimum absolute atomic E-state index is 0.0398. The van der Waals surface area contributed by atoms with Gasteiger partial charge in [-0.3, -0.25) is 9.69 Å². The van der Waals surface area contributed by atoms with Crippen molar-refractivity contribution >= 4 is 5.91 Å². The van der Waals surface area contributed by atoms with E-state index >= 15 is 0 Å². The van der Waals surface area contributed by atoms with Gasteiger partial charge in [0.25, 0.3) is 5.91 Å². The molecule has 0 radical (unpaired) electrons. The molecule has 5 heteroatoms. The summed E-state index contributed by atoms with van der Waals surface area (Å²) in [7, 11) is 5.67. The lowest BCUT2D eigenvalue weighted by atomic mass is 10.0. The van der Waals surface area contributed by atoms with Crippen LogP contribution < -0.4 is 0 Å². The van der Waals surface area contributed by atoms with Gasteiger partial charge >= 0.3 is 0 Å². The summed E-state index contributed by atoms with van der Waals surface area (Å²) < 4.78 is 11.4. The molecule has 0 bridgehead atoms. The Morgan fingerprint density at radius 2 is 1.92 bits per heavy atom. The number of carbonyl (C=O) groups is 1. The minimum Gasteiger partial charge on any atom is -0.472 e. The van der Waals surface area contributed by atoms with E-state index in [1.54, 1.807) is 31.5 Å². The predicted octanol–water partition coefficient (Wildman–Crippen LogP) is 3.20. The quantitative estimate of drug-likeness (QED) is 0.764. The summed E-state index contributed by atoms with van der Waals surface area (Å²) in [6.07, 6.45) is 7.00. The molecule has 5 nitrogen and oxygen atoms in total. The average Bonchev–Trinajstić information content (AvgIpc) is 3.26. The number of ether oxygens (including phenoxy) is 1. The minimum atomic E-state index is 0.0398. The molecule has 0 spiro atoms. The van der Waals surface area contributed by atoms with Gasteiger partial charge in [-0.15, -0.1) is 0 Å². The molecular formula is C21H28N2O3. The standard InChI is InChI=1S/C21H28N2O3/c1-22(2)21(24)18-6-4-5-16(11-18)12-19-7-8-20(26-19)14-23(3)13-17-9-10-25-15-17/h4-6,9-11,15,19-20H,7-8,12-14H2,1-3H3/t19-,20+/m0/s1. The van der Waals surface area contributed by atoms with Crippen LogP contribution >= 0.6 is 0 Å². The van der Waals surface area contributed by atoms with E-state index in [0.29, 0.717) is 0 Å². The van der Waals surface area contributed by atoms with Crippen LogP contribution in [0.2, 0.25) is 0 Å². The largest absolute Gasteiger partial charge is 0.472 e. The molecule has 0 aliphatic carbocycles. The van der Waals surface area contributed by atoms with Gasteiger partial charge in [0.15, 0.2) is 0 Å². The van der Waals surface area contributed by atoms with Crippen molar-refractivity contribution in [2.24, 2.45) is 0 Å². The molecular weight excluding hydrogens is 328 g/mol. The number of carbonyl (C=O) groups excluding carboxylic acids is 1. The van der Waals surface area contributed by atoms with Crippen molar-refractivity contribution in [2.45, 2.75) is 38.0 Å². The zero-order valence-electron chi connectivity index (χ0n) is 15.9. The number of hydrogen-bond acceptors (Lipinski definition) is 4. The predicted molar refractivity (Wildman–Crippen MR) is 101 cm³/mol. The van der Waals surface area contributed by atoms with Gasteiger partial charge in [0.05, 0.1) is 24.7 Å². The molecule has 0 unspecified atom stereocenters. The molecule has 0 saturated carbocycles. The Bertz CT molecular complexity index is 712. The Balaban J connectivity index is 1.50. The van der Waals surface area contributed by atoms with Crippen molar-refractivity contribution in [1.29, 1.82) is 0 Å². The molecule has 1 aromatic carbocycles. The van der Waals surface area contributed by atoms with E-state index < -0.39 is 0 Å². The van der Waals surface area contributed by atoms with Crippen LogP contribution in [0, 0.1) is 0 Å². The van der Waals surface area contributed by atoms with Gasteiger partial charge < -0.3 is 14.1 Å². The third-order valence-corrected chi connectivity index (χ3v) is 4.79. The number of likely N-dealkylation sites (N-methyl/N-ethyl adjacent to an activating group) is 1. The summed E-state index contributed by atoms with van der Waals surface area (Å²) in [5.41, 5.74) is 3.08. The third kappa shape index (κ3) is 4.96. The molecule has 1 aromatic heterocycles. The van der Waals surface area contributed by atoms with Crippen LogP contribution in [-0.2, 0) is 17.7 Å². The second-order valence-electron chi connectivity index (χ2n) is 7.39. The topological polar surface area (TPSA) is 45.9 Å². The first-order valence-corrected chi connectivity index (χ1v) is 9.17. The molecule has 1 fully saturated rings. The summed E-state index contributed by atoms with van der Waals surface area (Å²) >= 11 is 0.